The molecule has 0 radical (unpaired) electrons. The number of rotatable bonds is 14. The first kappa shape index (κ1) is 44.6. The molecule has 0 bridgehead atoms. The van der Waals surface area contributed by atoms with Gasteiger partial charge in [-0.1, -0.05) is 0 Å². The number of aliphatic hydroxyl groups is 1. The third kappa shape index (κ3) is 11.5. The predicted octanol–water partition coefficient (Wildman–Crippen LogP) is -0.00800. The summed E-state index contributed by atoms with van der Waals surface area (Å²) in [7, 11) is -4.49. The van der Waals surface area contributed by atoms with Gasteiger partial charge in [0.05, 0.1) is 24.0 Å². The van der Waals surface area contributed by atoms with Gasteiger partial charge < -0.3 is 52.5 Å². The van der Waals surface area contributed by atoms with Gasteiger partial charge in [-0.2, -0.15) is 8.42 Å². The van der Waals surface area contributed by atoms with Crippen molar-refractivity contribution < 1.29 is 98.6 Å². The van der Waals surface area contributed by atoms with E-state index in [0.717, 1.165) is 40.9 Å². The third-order valence-electron chi connectivity index (χ3n) is 8.57. The van der Waals surface area contributed by atoms with Crippen LogP contribution < -0.4 is 4.74 Å². The zero-order valence-corrected chi connectivity index (χ0v) is 32.5. The van der Waals surface area contributed by atoms with Gasteiger partial charge in [-0.15, -0.1) is 0 Å². The molecule has 0 spiro atoms. The summed E-state index contributed by atoms with van der Waals surface area (Å²) >= 11 is 0. The molecule has 1 aliphatic carbocycles. The highest BCUT2D eigenvalue weighted by Gasteiger charge is 2.68. The van der Waals surface area contributed by atoms with Crippen LogP contribution >= 0.6 is 0 Å². The SMILES string of the molecule is CC(=O)OC[C@H]1O[C@@H](OC2OC=C[C@H]3[C@H](OC(=O)c4ccc(OC(C)=O)cc4)[C@@H](OS(C)(=O)=O)C(O)(COC(C)=O)[C@@H]23)[C@H](OC(C)=O)[C@@H](OC(C)=O)[C@@H]1OC(C)=O. The molecule has 11 atom stereocenters. The number of fused-ring (bicyclic) bond motifs is 1. The summed E-state index contributed by atoms with van der Waals surface area (Å²) in [5, 5.41) is 12.4. The van der Waals surface area contributed by atoms with Crippen LogP contribution in [0.2, 0.25) is 0 Å². The van der Waals surface area contributed by atoms with Gasteiger partial charge in [-0.25, -0.2) is 4.79 Å². The molecule has 2 aliphatic heterocycles. The zero-order valence-electron chi connectivity index (χ0n) is 31.7. The van der Waals surface area contributed by atoms with Gasteiger partial charge in [0, 0.05) is 47.5 Å². The van der Waals surface area contributed by atoms with E-state index in [1.54, 1.807) is 0 Å². The topological polar surface area (TPSA) is 275 Å². The first-order valence-electron chi connectivity index (χ1n) is 17.1. The maximum absolute atomic E-state index is 13.5. The molecule has 0 aromatic heterocycles. The number of carbonyl (C=O) groups is 7. The second-order valence-electron chi connectivity index (χ2n) is 13.1. The number of esters is 7. The lowest BCUT2D eigenvalue weighted by atomic mass is 9.83. The molecule has 314 valence electrons. The van der Waals surface area contributed by atoms with Crippen LogP contribution in [-0.2, 0) is 85.7 Å². The first-order valence-corrected chi connectivity index (χ1v) is 18.9. The summed E-state index contributed by atoms with van der Waals surface area (Å²) in [6, 6.07) is 5.09. The van der Waals surface area contributed by atoms with Crippen LogP contribution in [0.15, 0.2) is 36.6 Å². The monoisotopic (exact) mass is 830 g/mol. The lowest BCUT2D eigenvalue weighted by Gasteiger charge is -2.46. The van der Waals surface area contributed by atoms with Crippen molar-refractivity contribution in [3.05, 3.63) is 42.2 Å². The van der Waals surface area contributed by atoms with Crippen molar-refractivity contribution >= 4 is 51.9 Å². The standard InChI is InChI=1S/C35H42O21S/c1-16(36)47-14-25-28(50-19(4)39)29(51-20(5)40)30(52-21(6)41)34(53-25)55-33-26-24(12-13-46-33)27(31(56-57(7,44)45)35(26,43)15-48-17(2)37)54-32(42)22-8-10-23(11-9-22)49-18(3)38/h8-13,24-31,33-34,43H,14-15H2,1-7H3/t24-,25-,26-,27+,28-,29+,30-,31-,33?,34+,35?/m1/s1. The summed E-state index contributed by atoms with van der Waals surface area (Å²) in [5.41, 5.74) is -2.73. The Morgan fingerprint density at radius 1 is 0.719 bits per heavy atom. The van der Waals surface area contributed by atoms with E-state index >= 15 is 0 Å². The molecule has 4 rings (SSSR count). The highest BCUT2D eigenvalue weighted by Crippen LogP contribution is 2.50. The van der Waals surface area contributed by atoms with E-state index in [9.17, 15) is 47.1 Å². The fraction of sp³-hybridized carbons (Fsp3) is 0.571. The van der Waals surface area contributed by atoms with Crippen LogP contribution in [0.3, 0.4) is 0 Å². The lowest BCUT2D eigenvalue weighted by molar-refractivity contribution is -0.350. The van der Waals surface area contributed by atoms with E-state index in [4.69, 9.17) is 51.6 Å². The third-order valence-corrected chi connectivity index (χ3v) is 9.12. The minimum Gasteiger partial charge on any atom is -0.472 e. The van der Waals surface area contributed by atoms with Gasteiger partial charge in [0.15, 0.2) is 18.3 Å². The fourth-order valence-corrected chi connectivity index (χ4v) is 7.24. The Bertz CT molecular complexity index is 1840. The first-order chi connectivity index (χ1) is 26.6. The number of carbonyl (C=O) groups excluding carboxylic acids is 7. The molecule has 1 aromatic rings. The van der Waals surface area contributed by atoms with Crippen LogP contribution in [0, 0.1) is 11.8 Å². The normalized spacial score (nSPS) is 30.4. The molecular weight excluding hydrogens is 788 g/mol. The molecule has 21 nitrogen and oxygen atoms in total. The van der Waals surface area contributed by atoms with E-state index in [0.29, 0.717) is 6.26 Å². The van der Waals surface area contributed by atoms with Gasteiger partial charge >= 0.3 is 41.8 Å². The average molecular weight is 831 g/mol. The summed E-state index contributed by atoms with van der Waals surface area (Å²) < 4.78 is 86.0. The zero-order chi connectivity index (χ0) is 42.4. The second-order valence-corrected chi connectivity index (χ2v) is 14.7. The van der Waals surface area contributed by atoms with Crippen molar-refractivity contribution in [2.24, 2.45) is 11.8 Å². The van der Waals surface area contributed by atoms with Crippen molar-refractivity contribution in [3.63, 3.8) is 0 Å². The van der Waals surface area contributed by atoms with E-state index < -0.39 is 132 Å². The lowest BCUT2D eigenvalue weighted by Crippen LogP contribution is -2.64. The van der Waals surface area contributed by atoms with Crippen molar-refractivity contribution in [1.29, 1.82) is 0 Å². The van der Waals surface area contributed by atoms with E-state index in [1.165, 1.54) is 37.3 Å². The number of benzene rings is 1. The van der Waals surface area contributed by atoms with Crippen molar-refractivity contribution in [2.75, 3.05) is 19.5 Å². The maximum atomic E-state index is 13.5. The largest absolute Gasteiger partial charge is 0.472 e. The Morgan fingerprint density at radius 3 is 1.84 bits per heavy atom. The van der Waals surface area contributed by atoms with E-state index in [-0.39, 0.29) is 11.3 Å². The van der Waals surface area contributed by atoms with Crippen LogP contribution in [-0.4, -0.2) is 130 Å². The van der Waals surface area contributed by atoms with Crippen LogP contribution in [0.25, 0.3) is 0 Å². The van der Waals surface area contributed by atoms with Gasteiger partial charge in [0.1, 0.15) is 42.9 Å². The van der Waals surface area contributed by atoms with Crippen molar-refractivity contribution in [2.45, 2.75) is 96.3 Å². The molecule has 3 aliphatic rings. The molecule has 57 heavy (non-hydrogen) atoms. The second kappa shape index (κ2) is 18.4. The fourth-order valence-electron chi connectivity index (χ4n) is 6.58. The van der Waals surface area contributed by atoms with Gasteiger partial charge in [0.25, 0.3) is 10.1 Å². The Morgan fingerprint density at radius 2 is 1.30 bits per heavy atom. The molecule has 0 amide bonds. The summed E-state index contributed by atoms with van der Waals surface area (Å²) in [6.45, 7) is 4.68. The highest BCUT2D eigenvalue weighted by molar-refractivity contribution is 7.86. The molecule has 22 heteroatoms. The summed E-state index contributed by atoms with van der Waals surface area (Å²) in [5.74, 6) is -8.90. The maximum Gasteiger partial charge on any atom is 0.338 e. The van der Waals surface area contributed by atoms with Gasteiger partial charge in [0.2, 0.25) is 12.6 Å². The smallest absolute Gasteiger partial charge is 0.338 e. The molecule has 2 fully saturated rings. The van der Waals surface area contributed by atoms with Crippen LogP contribution in [0.5, 0.6) is 5.75 Å². The van der Waals surface area contributed by atoms with E-state index in [1.807, 2.05) is 0 Å². The average Bonchev–Trinajstić information content (AvgIpc) is 3.31. The molecular formula is C35H42O21S. The Kier molecular flexibility index (Phi) is 14.4. The minimum absolute atomic E-state index is 0.0997. The van der Waals surface area contributed by atoms with E-state index in [2.05, 4.69) is 0 Å². The highest BCUT2D eigenvalue weighted by atomic mass is 32.2. The Labute approximate surface area is 325 Å². The molecule has 2 heterocycles. The number of hydrogen-bond acceptors (Lipinski definition) is 21. The minimum atomic E-state index is -4.49. The number of hydrogen-bond donors (Lipinski definition) is 1. The number of ether oxygens (including phenoxy) is 10. The summed E-state index contributed by atoms with van der Waals surface area (Å²) in [6.07, 6.45) is -10.8. The van der Waals surface area contributed by atoms with Crippen molar-refractivity contribution in [3.8, 4) is 5.75 Å². The van der Waals surface area contributed by atoms with Crippen LogP contribution in [0.1, 0.15) is 51.9 Å². The Hall–Kier alpha value is -5.16. The molecule has 1 N–H and O–H groups in total. The quantitative estimate of drug-likeness (QED) is 0.112. The molecule has 1 aromatic carbocycles. The molecule has 1 saturated heterocycles. The Balaban J connectivity index is 1.80. The molecule has 2 unspecified atom stereocenters. The van der Waals surface area contributed by atoms with Gasteiger partial charge in [-0.3, -0.25) is 33.0 Å². The van der Waals surface area contributed by atoms with Crippen molar-refractivity contribution in [1.82, 2.24) is 0 Å². The molecule has 1 saturated carbocycles. The summed E-state index contributed by atoms with van der Waals surface area (Å²) in [4.78, 5) is 85.7. The predicted molar refractivity (Wildman–Crippen MR) is 182 cm³/mol. The van der Waals surface area contributed by atoms with Crippen LogP contribution in [0.4, 0.5) is 0 Å². The van der Waals surface area contributed by atoms with Gasteiger partial charge in [-0.05, 0) is 30.3 Å².